The summed E-state index contributed by atoms with van der Waals surface area (Å²) in [6.07, 6.45) is 1.87. The lowest BCUT2D eigenvalue weighted by molar-refractivity contribution is -0.119. The molecule has 2 amide bonds. The molecule has 6 heteroatoms. The Balaban J connectivity index is 2.22. The molecule has 0 unspecified atom stereocenters. The van der Waals surface area contributed by atoms with Crippen molar-refractivity contribution in [1.29, 1.82) is 0 Å². The largest absolute Gasteiger partial charge is 0.496 e. The van der Waals surface area contributed by atoms with Crippen LogP contribution < -0.4 is 10.1 Å². The lowest BCUT2D eigenvalue weighted by Gasteiger charge is -2.18. The van der Waals surface area contributed by atoms with Gasteiger partial charge in [0.15, 0.2) is 0 Å². The fraction of sp³-hybridized carbons (Fsp3) is 0.529. The highest BCUT2D eigenvalue weighted by Crippen LogP contribution is 2.28. The Morgan fingerprint density at radius 2 is 2.13 bits per heavy atom. The van der Waals surface area contributed by atoms with E-state index in [1.165, 1.54) is 26.2 Å². The maximum atomic E-state index is 14.1. The molecule has 0 aromatic heterocycles. The Kier molecular flexibility index (Phi) is 5.58. The molecule has 1 N–H and O–H groups in total. The summed E-state index contributed by atoms with van der Waals surface area (Å²) in [6, 6.07) is 4.24. The van der Waals surface area contributed by atoms with Crippen LogP contribution in [0.15, 0.2) is 18.2 Å². The topological polar surface area (TPSA) is 58.6 Å². The van der Waals surface area contributed by atoms with Crippen molar-refractivity contribution in [3.63, 3.8) is 0 Å². The molecule has 23 heavy (non-hydrogen) atoms. The summed E-state index contributed by atoms with van der Waals surface area (Å²) >= 11 is 0. The van der Waals surface area contributed by atoms with Crippen molar-refractivity contribution in [2.24, 2.45) is 5.92 Å². The molecule has 0 saturated carbocycles. The van der Waals surface area contributed by atoms with Crippen LogP contribution in [-0.4, -0.2) is 43.0 Å². The number of nitrogens with one attached hydrogen (secondary N) is 1. The molecule has 1 aliphatic heterocycles. The standard InChI is InChI=1S/C17H23FN2O3/c1-4-6-12-9-20(10-14(12)19-11(2)21)17(22)16-13(18)7-5-8-15(16)23-3/h5,7-8,12,14H,4,6,9-10H2,1-3H3,(H,19,21)/t12-,14-/m1/s1. The van der Waals surface area contributed by atoms with Gasteiger partial charge in [-0.2, -0.15) is 0 Å². The van der Waals surface area contributed by atoms with Crippen molar-refractivity contribution in [2.45, 2.75) is 32.7 Å². The van der Waals surface area contributed by atoms with E-state index in [1.54, 1.807) is 11.0 Å². The van der Waals surface area contributed by atoms with E-state index in [9.17, 15) is 14.0 Å². The molecular formula is C17H23FN2O3. The summed E-state index contributed by atoms with van der Waals surface area (Å²) in [5, 5.41) is 2.90. The van der Waals surface area contributed by atoms with Gasteiger partial charge in [0.05, 0.1) is 13.2 Å². The third-order valence-electron chi connectivity index (χ3n) is 4.19. The monoisotopic (exact) mass is 322 g/mol. The van der Waals surface area contributed by atoms with Gasteiger partial charge >= 0.3 is 0 Å². The van der Waals surface area contributed by atoms with E-state index in [0.717, 1.165) is 12.8 Å². The maximum absolute atomic E-state index is 14.1. The van der Waals surface area contributed by atoms with Crippen LogP contribution in [0, 0.1) is 11.7 Å². The molecule has 2 atom stereocenters. The van der Waals surface area contributed by atoms with E-state index < -0.39 is 11.7 Å². The second-order valence-electron chi connectivity index (χ2n) is 5.88. The summed E-state index contributed by atoms with van der Waals surface area (Å²) in [4.78, 5) is 25.7. The highest BCUT2D eigenvalue weighted by Gasteiger charge is 2.36. The van der Waals surface area contributed by atoms with Crippen LogP contribution in [0.4, 0.5) is 4.39 Å². The van der Waals surface area contributed by atoms with Gasteiger partial charge in [-0.15, -0.1) is 0 Å². The molecule has 0 radical (unpaired) electrons. The minimum Gasteiger partial charge on any atom is -0.496 e. The normalized spacial score (nSPS) is 20.4. The number of methoxy groups -OCH3 is 1. The van der Waals surface area contributed by atoms with Gasteiger partial charge in [-0.25, -0.2) is 4.39 Å². The molecule has 1 fully saturated rings. The first kappa shape index (κ1) is 17.2. The van der Waals surface area contributed by atoms with E-state index in [2.05, 4.69) is 12.2 Å². The van der Waals surface area contributed by atoms with Crippen LogP contribution in [0.25, 0.3) is 0 Å². The van der Waals surface area contributed by atoms with Gasteiger partial charge in [0.2, 0.25) is 5.91 Å². The van der Waals surface area contributed by atoms with Gasteiger partial charge in [-0.3, -0.25) is 9.59 Å². The molecule has 1 aromatic rings. The van der Waals surface area contributed by atoms with E-state index in [4.69, 9.17) is 4.74 Å². The Morgan fingerprint density at radius 1 is 1.39 bits per heavy atom. The molecule has 2 rings (SSSR count). The van der Waals surface area contributed by atoms with E-state index in [1.807, 2.05) is 0 Å². The number of nitrogens with zero attached hydrogens (tertiary/aromatic N) is 1. The van der Waals surface area contributed by atoms with Crippen LogP contribution in [0.5, 0.6) is 5.75 Å². The van der Waals surface area contributed by atoms with Crippen LogP contribution in [0.3, 0.4) is 0 Å². The molecule has 0 aliphatic carbocycles. The number of amides is 2. The molecule has 1 aliphatic rings. The number of rotatable bonds is 5. The zero-order chi connectivity index (χ0) is 17.0. The van der Waals surface area contributed by atoms with Crippen molar-refractivity contribution >= 4 is 11.8 Å². The van der Waals surface area contributed by atoms with Crippen LogP contribution >= 0.6 is 0 Å². The summed E-state index contributed by atoms with van der Waals surface area (Å²) in [7, 11) is 1.41. The third-order valence-corrected chi connectivity index (χ3v) is 4.19. The minimum absolute atomic E-state index is 0.0475. The predicted molar refractivity (Wildman–Crippen MR) is 84.9 cm³/mol. The first-order chi connectivity index (χ1) is 11.0. The van der Waals surface area contributed by atoms with E-state index in [0.29, 0.717) is 13.1 Å². The number of carbonyl (C=O) groups excluding carboxylic acids is 2. The summed E-state index contributed by atoms with van der Waals surface area (Å²) in [5.74, 6) is -0.692. The molecule has 1 saturated heterocycles. The van der Waals surface area contributed by atoms with Crippen LogP contribution in [-0.2, 0) is 4.79 Å². The molecule has 0 spiro atoms. The lowest BCUT2D eigenvalue weighted by Crippen LogP contribution is -2.40. The molecule has 1 heterocycles. The summed E-state index contributed by atoms with van der Waals surface area (Å²) in [6.45, 7) is 4.43. The average molecular weight is 322 g/mol. The Hall–Kier alpha value is -2.11. The number of benzene rings is 1. The predicted octanol–water partition coefficient (Wildman–Crippen LogP) is 2.21. The van der Waals surface area contributed by atoms with Crippen molar-refractivity contribution in [1.82, 2.24) is 10.2 Å². The number of likely N-dealkylation sites (tertiary alicyclic amines) is 1. The smallest absolute Gasteiger partial charge is 0.260 e. The van der Waals surface area contributed by atoms with Crippen molar-refractivity contribution in [2.75, 3.05) is 20.2 Å². The first-order valence-electron chi connectivity index (χ1n) is 7.86. The minimum atomic E-state index is -0.593. The third kappa shape index (κ3) is 3.81. The first-order valence-corrected chi connectivity index (χ1v) is 7.86. The Morgan fingerprint density at radius 3 is 2.74 bits per heavy atom. The highest BCUT2D eigenvalue weighted by molar-refractivity contribution is 5.97. The SMILES string of the molecule is CCC[C@@H]1CN(C(=O)c2c(F)cccc2OC)C[C@H]1NC(C)=O. The number of halogens is 1. The quantitative estimate of drug-likeness (QED) is 0.904. The molecule has 5 nitrogen and oxygen atoms in total. The number of hydrogen-bond donors (Lipinski definition) is 1. The van der Waals surface area contributed by atoms with Gasteiger partial charge in [0.25, 0.3) is 5.91 Å². The lowest BCUT2D eigenvalue weighted by atomic mass is 9.98. The number of carbonyl (C=O) groups is 2. The van der Waals surface area contributed by atoms with Gasteiger partial charge in [-0.1, -0.05) is 19.4 Å². The number of hydrogen-bond acceptors (Lipinski definition) is 3. The van der Waals surface area contributed by atoms with Crippen molar-refractivity contribution < 1.29 is 18.7 Å². The van der Waals surface area contributed by atoms with E-state index >= 15 is 0 Å². The number of ether oxygens (including phenoxy) is 1. The average Bonchev–Trinajstić information content (AvgIpc) is 2.89. The zero-order valence-corrected chi connectivity index (χ0v) is 13.8. The van der Waals surface area contributed by atoms with Gasteiger partial charge in [0, 0.05) is 20.0 Å². The fourth-order valence-electron chi connectivity index (χ4n) is 3.17. The van der Waals surface area contributed by atoms with E-state index in [-0.39, 0.29) is 29.2 Å². The molecular weight excluding hydrogens is 299 g/mol. The highest BCUT2D eigenvalue weighted by atomic mass is 19.1. The fourth-order valence-corrected chi connectivity index (χ4v) is 3.17. The second-order valence-corrected chi connectivity index (χ2v) is 5.88. The molecule has 1 aromatic carbocycles. The Bertz CT molecular complexity index is 591. The maximum Gasteiger partial charge on any atom is 0.260 e. The van der Waals surface area contributed by atoms with Gasteiger partial charge in [-0.05, 0) is 24.5 Å². The van der Waals surface area contributed by atoms with Crippen LogP contribution in [0.1, 0.15) is 37.0 Å². The Labute approximate surface area is 135 Å². The van der Waals surface area contributed by atoms with Crippen LogP contribution in [0.2, 0.25) is 0 Å². The van der Waals surface area contributed by atoms with Gasteiger partial charge in [0.1, 0.15) is 17.1 Å². The molecule has 126 valence electrons. The second kappa shape index (κ2) is 7.44. The molecule has 0 bridgehead atoms. The van der Waals surface area contributed by atoms with Crippen molar-refractivity contribution in [3.05, 3.63) is 29.6 Å². The summed E-state index contributed by atoms with van der Waals surface area (Å²) in [5.41, 5.74) is -0.0475. The zero-order valence-electron chi connectivity index (χ0n) is 13.8. The van der Waals surface area contributed by atoms with Gasteiger partial charge < -0.3 is 15.0 Å². The summed E-state index contributed by atoms with van der Waals surface area (Å²) < 4.78 is 19.2. The van der Waals surface area contributed by atoms with Crippen molar-refractivity contribution in [3.8, 4) is 5.75 Å².